The predicted octanol–water partition coefficient (Wildman–Crippen LogP) is 3.84. The van der Waals surface area contributed by atoms with E-state index < -0.39 is 0 Å². The largest absolute Gasteiger partial charge is 0.396 e. The minimum atomic E-state index is 0.320. The van der Waals surface area contributed by atoms with Gasteiger partial charge in [0.05, 0.1) is 0 Å². The van der Waals surface area contributed by atoms with E-state index in [4.69, 9.17) is 5.11 Å². The standard InChI is InChI=1S/C13H24O/c1-2-3-4-5-6-7-8-9-10-11-12-13-14/h6-9,14H,2-5,10-13H2,1H3/b7-6+,9-8-. The average Bonchev–Trinajstić information content (AvgIpc) is 2.21. The Morgan fingerprint density at radius 1 is 0.857 bits per heavy atom. The van der Waals surface area contributed by atoms with Crippen LogP contribution in [0.2, 0.25) is 0 Å². The van der Waals surface area contributed by atoms with Crippen LogP contribution >= 0.6 is 0 Å². The summed E-state index contributed by atoms with van der Waals surface area (Å²) in [6, 6.07) is 0. The van der Waals surface area contributed by atoms with Crippen LogP contribution < -0.4 is 0 Å². The van der Waals surface area contributed by atoms with Crippen LogP contribution in [0.1, 0.15) is 51.9 Å². The van der Waals surface area contributed by atoms with Crippen molar-refractivity contribution in [3.63, 3.8) is 0 Å². The molecule has 0 spiro atoms. The van der Waals surface area contributed by atoms with E-state index in [1.54, 1.807) is 0 Å². The summed E-state index contributed by atoms with van der Waals surface area (Å²) in [4.78, 5) is 0. The minimum Gasteiger partial charge on any atom is -0.396 e. The highest BCUT2D eigenvalue weighted by molar-refractivity contribution is 5.02. The van der Waals surface area contributed by atoms with E-state index in [0.717, 1.165) is 19.3 Å². The van der Waals surface area contributed by atoms with Gasteiger partial charge in [0.2, 0.25) is 0 Å². The molecule has 0 radical (unpaired) electrons. The van der Waals surface area contributed by atoms with Gasteiger partial charge in [-0.3, -0.25) is 0 Å². The summed E-state index contributed by atoms with van der Waals surface area (Å²) in [5, 5.41) is 8.55. The van der Waals surface area contributed by atoms with E-state index in [9.17, 15) is 0 Å². The lowest BCUT2D eigenvalue weighted by atomic mass is 10.2. The molecule has 0 unspecified atom stereocenters. The Morgan fingerprint density at radius 3 is 1.93 bits per heavy atom. The molecular weight excluding hydrogens is 172 g/mol. The van der Waals surface area contributed by atoms with Crippen LogP contribution in [0.15, 0.2) is 24.3 Å². The molecule has 82 valence electrons. The van der Waals surface area contributed by atoms with Gasteiger partial charge in [0.15, 0.2) is 0 Å². The van der Waals surface area contributed by atoms with E-state index >= 15 is 0 Å². The minimum absolute atomic E-state index is 0.320. The quantitative estimate of drug-likeness (QED) is 0.439. The number of allylic oxidation sites excluding steroid dienone is 4. The molecule has 0 saturated heterocycles. The van der Waals surface area contributed by atoms with Gasteiger partial charge in [0.1, 0.15) is 0 Å². The van der Waals surface area contributed by atoms with Crippen LogP contribution in [0.5, 0.6) is 0 Å². The van der Waals surface area contributed by atoms with Crippen LogP contribution in [0, 0.1) is 0 Å². The smallest absolute Gasteiger partial charge is 0.0431 e. The third-order valence-electron chi connectivity index (χ3n) is 2.14. The van der Waals surface area contributed by atoms with E-state index in [-0.39, 0.29) is 0 Å². The normalized spacial score (nSPS) is 11.9. The molecule has 0 aliphatic rings. The third kappa shape index (κ3) is 11.4. The molecule has 0 fully saturated rings. The van der Waals surface area contributed by atoms with Gasteiger partial charge in [0, 0.05) is 6.61 Å². The van der Waals surface area contributed by atoms with Gasteiger partial charge in [-0.05, 0) is 32.1 Å². The van der Waals surface area contributed by atoms with Crippen molar-refractivity contribution in [2.75, 3.05) is 6.61 Å². The zero-order valence-electron chi connectivity index (χ0n) is 9.41. The maximum absolute atomic E-state index is 8.55. The van der Waals surface area contributed by atoms with Crippen molar-refractivity contribution in [3.05, 3.63) is 24.3 Å². The van der Waals surface area contributed by atoms with Crippen molar-refractivity contribution in [2.45, 2.75) is 51.9 Å². The Hall–Kier alpha value is -0.560. The highest BCUT2D eigenvalue weighted by Gasteiger charge is 1.81. The molecule has 0 amide bonds. The second-order valence-corrected chi connectivity index (χ2v) is 3.57. The second-order valence-electron chi connectivity index (χ2n) is 3.57. The molecule has 0 bridgehead atoms. The Kier molecular flexibility index (Phi) is 11.9. The van der Waals surface area contributed by atoms with E-state index in [2.05, 4.69) is 31.2 Å². The summed E-state index contributed by atoms with van der Waals surface area (Å²) in [5.74, 6) is 0. The fraction of sp³-hybridized carbons (Fsp3) is 0.692. The Bertz CT molecular complexity index is 129. The Labute approximate surface area is 88.5 Å². The van der Waals surface area contributed by atoms with Gasteiger partial charge in [-0.25, -0.2) is 0 Å². The van der Waals surface area contributed by atoms with Crippen LogP contribution in [-0.4, -0.2) is 11.7 Å². The molecule has 0 aromatic rings. The van der Waals surface area contributed by atoms with Crippen molar-refractivity contribution in [1.82, 2.24) is 0 Å². The summed E-state index contributed by atoms with van der Waals surface area (Å²) in [5.41, 5.74) is 0. The summed E-state index contributed by atoms with van der Waals surface area (Å²) in [6.45, 7) is 2.55. The number of hydrogen-bond donors (Lipinski definition) is 1. The molecule has 0 aliphatic heterocycles. The molecule has 0 aliphatic carbocycles. The Morgan fingerprint density at radius 2 is 1.43 bits per heavy atom. The predicted molar refractivity (Wildman–Crippen MR) is 63.4 cm³/mol. The van der Waals surface area contributed by atoms with Crippen LogP contribution in [0.4, 0.5) is 0 Å². The van der Waals surface area contributed by atoms with Crippen LogP contribution in [0.25, 0.3) is 0 Å². The molecule has 0 aromatic carbocycles. The molecule has 1 nitrogen and oxygen atoms in total. The van der Waals surface area contributed by atoms with Crippen molar-refractivity contribution in [1.29, 1.82) is 0 Å². The molecule has 1 heteroatoms. The van der Waals surface area contributed by atoms with E-state index in [0.29, 0.717) is 6.61 Å². The van der Waals surface area contributed by atoms with Gasteiger partial charge < -0.3 is 5.11 Å². The van der Waals surface area contributed by atoms with Gasteiger partial charge in [-0.2, -0.15) is 0 Å². The van der Waals surface area contributed by atoms with E-state index in [1.807, 2.05) is 0 Å². The average molecular weight is 196 g/mol. The summed E-state index contributed by atoms with van der Waals surface area (Å²) < 4.78 is 0. The van der Waals surface area contributed by atoms with Gasteiger partial charge in [-0.15, -0.1) is 0 Å². The zero-order chi connectivity index (χ0) is 10.5. The lowest BCUT2D eigenvalue weighted by Gasteiger charge is -1.91. The number of unbranched alkanes of at least 4 members (excludes halogenated alkanes) is 5. The maximum atomic E-state index is 8.55. The van der Waals surface area contributed by atoms with Crippen molar-refractivity contribution in [2.24, 2.45) is 0 Å². The molecular formula is C13H24O. The van der Waals surface area contributed by atoms with Crippen LogP contribution in [0.3, 0.4) is 0 Å². The fourth-order valence-corrected chi connectivity index (χ4v) is 1.24. The summed E-state index contributed by atoms with van der Waals surface area (Å²) in [7, 11) is 0. The first-order valence-electron chi connectivity index (χ1n) is 5.84. The number of rotatable bonds is 9. The lowest BCUT2D eigenvalue weighted by molar-refractivity contribution is 0.285. The third-order valence-corrected chi connectivity index (χ3v) is 2.14. The highest BCUT2D eigenvalue weighted by atomic mass is 16.2. The monoisotopic (exact) mass is 196 g/mol. The first kappa shape index (κ1) is 13.4. The summed E-state index contributed by atoms with van der Waals surface area (Å²) in [6.07, 6.45) is 16.9. The molecule has 1 N–H and O–H groups in total. The number of aliphatic hydroxyl groups is 1. The van der Waals surface area contributed by atoms with Crippen molar-refractivity contribution >= 4 is 0 Å². The SMILES string of the molecule is CCCCC/C=C/C=C\CCCCO. The van der Waals surface area contributed by atoms with Gasteiger partial charge >= 0.3 is 0 Å². The van der Waals surface area contributed by atoms with Crippen LogP contribution in [-0.2, 0) is 0 Å². The topological polar surface area (TPSA) is 20.2 Å². The molecule has 14 heavy (non-hydrogen) atoms. The van der Waals surface area contributed by atoms with Crippen molar-refractivity contribution in [3.8, 4) is 0 Å². The molecule has 0 aromatic heterocycles. The first-order valence-corrected chi connectivity index (χ1v) is 5.84. The first-order chi connectivity index (χ1) is 6.91. The molecule has 0 heterocycles. The molecule has 0 atom stereocenters. The lowest BCUT2D eigenvalue weighted by Crippen LogP contribution is -1.79. The highest BCUT2D eigenvalue weighted by Crippen LogP contribution is 2.00. The number of aliphatic hydroxyl groups excluding tert-OH is 1. The molecule has 0 rings (SSSR count). The summed E-state index contributed by atoms with van der Waals surface area (Å²) >= 11 is 0. The van der Waals surface area contributed by atoms with Crippen molar-refractivity contribution < 1.29 is 5.11 Å². The van der Waals surface area contributed by atoms with E-state index in [1.165, 1.54) is 25.7 Å². The number of hydrogen-bond acceptors (Lipinski definition) is 1. The van der Waals surface area contributed by atoms with Gasteiger partial charge in [0.25, 0.3) is 0 Å². The fourth-order valence-electron chi connectivity index (χ4n) is 1.24. The Balaban J connectivity index is 3.15. The zero-order valence-corrected chi connectivity index (χ0v) is 9.41. The molecule has 0 saturated carbocycles. The van der Waals surface area contributed by atoms with Gasteiger partial charge in [-0.1, -0.05) is 44.1 Å². The second kappa shape index (κ2) is 12.4. The maximum Gasteiger partial charge on any atom is 0.0431 e.